The van der Waals surface area contributed by atoms with Crippen LogP contribution in [0.4, 0.5) is 0 Å². The molecule has 0 bridgehead atoms. The Labute approximate surface area is 107 Å². The molecule has 6 nitrogen and oxygen atoms in total. The lowest BCUT2D eigenvalue weighted by Gasteiger charge is -2.33. The Bertz CT molecular complexity index is 535. The van der Waals surface area contributed by atoms with Gasteiger partial charge in [0.25, 0.3) is 0 Å². The van der Waals surface area contributed by atoms with E-state index in [1.54, 1.807) is 23.9 Å². The average molecular weight is 271 g/mol. The molecule has 2 heterocycles. The Kier molecular flexibility index (Phi) is 2.91. The van der Waals surface area contributed by atoms with Gasteiger partial charge in [0, 0.05) is 19.9 Å². The molecule has 7 heteroatoms. The molecule has 0 N–H and O–H groups in total. The van der Waals surface area contributed by atoms with Crippen molar-refractivity contribution >= 4 is 10.0 Å². The number of fused-ring (bicyclic) bond motifs is 1. The third-order valence-corrected chi connectivity index (χ3v) is 5.87. The van der Waals surface area contributed by atoms with Gasteiger partial charge in [-0.15, -0.1) is 0 Å². The largest absolute Gasteiger partial charge is 0.382 e. The van der Waals surface area contributed by atoms with Gasteiger partial charge in [0.1, 0.15) is 0 Å². The van der Waals surface area contributed by atoms with Crippen molar-refractivity contribution in [1.82, 2.24) is 13.9 Å². The molecule has 18 heavy (non-hydrogen) atoms. The summed E-state index contributed by atoms with van der Waals surface area (Å²) in [6.07, 6.45) is 5.08. The minimum atomic E-state index is -3.12. The van der Waals surface area contributed by atoms with Gasteiger partial charge >= 0.3 is 0 Å². The average Bonchev–Trinajstić information content (AvgIpc) is 3.09. The van der Waals surface area contributed by atoms with Crippen molar-refractivity contribution in [1.29, 1.82) is 0 Å². The zero-order valence-electron chi connectivity index (χ0n) is 10.3. The fourth-order valence-electron chi connectivity index (χ4n) is 2.45. The predicted molar refractivity (Wildman–Crippen MR) is 65.5 cm³/mol. The Morgan fingerprint density at radius 2 is 2.28 bits per heavy atom. The molecule has 1 unspecified atom stereocenters. The standard InChI is InChI=1S/C11H17N3O3S/c1-17-7-10-6-13(18(15,16)11-2-3-11)5-9-4-12-8-14(9)10/h4,8,10-11H,2-3,5-7H2,1H3. The van der Waals surface area contributed by atoms with E-state index in [1.807, 2.05) is 4.57 Å². The Hall–Kier alpha value is -0.920. The molecule has 1 aromatic rings. The number of sulfonamides is 1. The molecule has 1 fully saturated rings. The normalized spacial score (nSPS) is 25.1. The van der Waals surface area contributed by atoms with Gasteiger partial charge < -0.3 is 9.30 Å². The Morgan fingerprint density at radius 3 is 2.94 bits per heavy atom. The zero-order chi connectivity index (χ0) is 12.8. The lowest BCUT2D eigenvalue weighted by molar-refractivity contribution is 0.129. The van der Waals surface area contributed by atoms with Gasteiger partial charge in [0.2, 0.25) is 10.0 Å². The molecule has 0 saturated heterocycles. The van der Waals surface area contributed by atoms with E-state index in [-0.39, 0.29) is 11.3 Å². The van der Waals surface area contributed by atoms with Crippen molar-refractivity contribution in [2.24, 2.45) is 0 Å². The predicted octanol–water partition coefficient (Wildman–Crippen LogP) is 0.378. The first-order valence-electron chi connectivity index (χ1n) is 6.11. The first kappa shape index (κ1) is 12.1. The van der Waals surface area contributed by atoms with Crippen LogP contribution in [-0.2, 0) is 21.3 Å². The number of ether oxygens (including phenoxy) is 1. The number of hydrogen-bond acceptors (Lipinski definition) is 4. The van der Waals surface area contributed by atoms with Crippen LogP contribution in [0.15, 0.2) is 12.5 Å². The van der Waals surface area contributed by atoms with E-state index in [2.05, 4.69) is 4.98 Å². The number of rotatable bonds is 4. The monoisotopic (exact) mass is 271 g/mol. The van der Waals surface area contributed by atoms with E-state index in [0.29, 0.717) is 19.7 Å². The van der Waals surface area contributed by atoms with Crippen molar-refractivity contribution in [2.75, 3.05) is 20.3 Å². The van der Waals surface area contributed by atoms with E-state index in [1.165, 1.54) is 0 Å². The van der Waals surface area contributed by atoms with Crippen molar-refractivity contribution in [3.8, 4) is 0 Å². The summed E-state index contributed by atoms with van der Waals surface area (Å²) in [5, 5.41) is -0.157. The van der Waals surface area contributed by atoms with E-state index < -0.39 is 10.0 Å². The van der Waals surface area contributed by atoms with Crippen LogP contribution in [-0.4, -0.2) is 47.8 Å². The summed E-state index contributed by atoms with van der Waals surface area (Å²) < 4.78 is 33.3. The Balaban J connectivity index is 1.88. The van der Waals surface area contributed by atoms with Crippen LogP contribution in [0, 0.1) is 0 Å². The summed E-state index contributed by atoms with van der Waals surface area (Å²) in [7, 11) is -1.49. The zero-order valence-corrected chi connectivity index (χ0v) is 11.1. The lowest BCUT2D eigenvalue weighted by atomic mass is 10.2. The Morgan fingerprint density at radius 1 is 1.50 bits per heavy atom. The molecule has 0 amide bonds. The van der Waals surface area contributed by atoms with Gasteiger partial charge in [-0.05, 0) is 12.8 Å². The second-order valence-electron chi connectivity index (χ2n) is 4.94. The molecule has 3 rings (SSSR count). The molecular formula is C11H17N3O3S. The number of hydrogen-bond donors (Lipinski definition) is 0. The van der Waals surface area contributed by atoms with Crippen LogP contribution in [0.2, 0.25) is 0 Å². The van der Waals surface area contributed by atoms with Gasteiger partial charge in [0.15, 0.2) is 0 Å². The van der Waals surface area contributed by atoms with Crippen LogP contribution in [0.3, 0.4) is 0 Å². The number of imidazole rings is 1. The van der Waals surface area contributed by atoms with E-state index >= 15 is 0 Å². The molecule has 1 atom stereocenters. The molecule has 2 aliphatic rings. The molecule has 1 aliphatic heterocycles. The van der Waals surface area contributed by atoms with E-state index in [0.717, 1.165) is 18.5 Å². The topological polar surface area (TPSA) is 64.4 Å². The van der Waals surface area contributed by atoms with Crippen molar-refractivity contribution < 1.29 is 13.2 Å². The third kappa shape index (κ3) is 1.96. The number of aromatic nitrogens is 2. The molecule has 0 spiro atoms. The SMILES string of the molecule is COCC1CN(S(=O)(=O)C2CC2)Cc2cncn21. The number of methoxy groups -OCH3 is 1. The quantitative estimate of drug-likeness (QED) is 0.794. The maximum Gasteiger partial charge on any atom is 0.217 e. The summed E-state index contributed by atoms with van der Waals surface area (Å²) >= 11 is 0. The molecular weight excluding hydrogens is 254 g/mol. The maximum atomic E-state index is 12.3. The van der Waals surface area contributed by atoms with Gasteiger partial charge in [-0.25, -0.2) is 13.4 Å². The second-order valence-corrected chi connectivity index (χ2v) is 7.15. The third-order valence-electron chi connectivity index (χ3n) is 3.56. The highest BCUT2D eigenvalue weighted by atomic mass is 32.2. The van der Waals surface area contributed by atoms with Crippen LogP contribution in [0.5, 0.6) is 0 Å². The van der Waals surface area contributed by atoms with Gasteiger partial charge in [-0.2, -0.15) is 4.31 Å². The van der Waals surface area contributed by atoms with Crippen LogP contribution >= 0.6 is 0 Å². The van der Waals surface area contributed by atoms with Crippen molar-refractivity contribution in [2.45, 2.75) is 30.7 Å². The first-order chi connectivity index (χ1) is 8.63. The minimum absolute atomic E-state index is 0.0229. The molecule has 1 aromatic heterocycles. The molecule has 0 radical (unpaired) electrons. The van der Waals surface area contributed by atoms with Crippen LogP contribution in [0.1, 0.15) is 24.6 Å². The minimum Gasteiger partial charge on any atom is -0.382 e. The maximum absolute atomic E-state index is 12.3. The molecule has 0 aromatic carbocycles. The molecule has 100 valence electrons. The lowest BCUT2D eigenvalue weighted by Crippen LogP contribution is -2.43. The summed E-state index contributed by atoms with van der Waals surface area (Å²) in [4.78, 5) is 4.10. The summed E-state index contributed by atoms with van der Waals surface area (Å²) in [6, 6.07) is 0.0229. The first-order valence-corrected chi connectivity index (χ1v) is 7.62. The second kappa shape index (κ2) is 4.32. The molecule has 1 saturated carbocycles. The van der Waals surface area contributed by atoms with Gasteiger partial charge in [-0.1, -0.05) is 0 Å². The van der Waals surface area contributed by atoms with Gasteiger partial charge in [0.05, 0.1) is 36.5 Å². The highest BCUT2D eigenvalue weighted by Gasteiger charge is 2.42. The smallest absolute Gasteiger partial charge is 0.217 e. The van der Waals surface area contributed by atoms with E-state index in [4.69, 9.17) is 4.74 Å². The fourth-order valence-corrected chi connectivity index (χ4v) is 4.29. The van der Waals surface area contributed by atoms with Crippen LogP contribution in [0.25, 0.3) is 0 Å². The van der Waals surface area contributed by atoms with Gasteiger partial charge in [-0.3, -0.25) is 0 Å². The number of nitrogens with zero attached hydrogens (tertiary/aromatic N) is 3. The van der Waals surface area contributed by atoms with Crippen LogP contribution < -0.4 is 0 Å². The van der Waals surface area contributed by atoms with E-state index in [9.17, 15) is 8.42 Å². The van der Waals surface area contributed by atoms with Crippen molar-refractivity contribution in [3.05, 3.63) is 18.2 Å². The highest BCUT2D eigenvalue weighted by molar-refractivity contribution is 7.90. The molecule has 1 aliphatic carbocycles. The summed E-state index contributed by atoms with van der Waals surface area (Å²) in [6.45, 7) is 1.41. The summed E-state index contributed by atoms with van der Waals surface area (Å²) in [5.74, 6) is 0. The summed E-state index contributed by atoms with van der Waals surface area (Å²) in [5.41, 5.74) is 0.938. The highest BCUT2D eigenvalue weighted by Crippen LogP contribution is 2.34. The fraction of sp³-hybridized carbons (Fsp3) is 0.727. The van der Waals surface area contributed by atoms with Crippen molar-refractivity contribution in [3.63, 3.8) is 0 Å².